The van der Waals surface area contributed by atoms with Crippen LogP contribution in [0.15, 0.2) is 0 Å². The molecule has 0 aliphatic rings. The molecule has 0 bridgehead atoms. The molecule has 76 valence electrons. The summed E-state index contributed by atoms with van der Waals surface area (Å²) in [6, 6.07) is 2.82. The molecule has 0 spiro atoms. The summed E-state index contributed by atoms with van der Waals surface area (Å²) in [6.07, 6.45) is 0. The van der Waals surface area contributed by atoms with Gasteiger partial charge in [-0.2, -0.15) is 5.26 Å². The van der Waals surface area contributed by atoms with Gasteiger partial charge in [-0.05, 0) is 26.7 Å². The lowest BCUT2D eigenvalue weighted by Crippen LogP contribution is -2.37. The minimum absolute atomic E-state index is 0.140. The summed E-state index contributed by atoms with van der Waals surface area (Å²) in [5.74, 6) is 0.814. The Labute approximate surface area is 82.5 Å². The molecule has 0 aromatic rings. The molecule has 0 aliphatic carbocycles. The fourth-order valence-corrected chi connectivity index (χ4v) is 1.36. The van der Waals surface area contributed by atoms with Gasteiger partial charge in [0, 0.05) is 19.1 Å². The molecule has 0 radical (unpaired) electrons. The Balaban J connectivity index is 4.04. The van der Waals surface area contributed by atoms with Crippen LogP contribution in [0.5, 0.6) is 0 Å². The van der Waals surface area contributed by atoms with Crippen molar-refractivity contribution in [1.82, 2.24) is 4.90 Å². The Hall–Kier alpha value is -0.550. The molecule has 0 aromatic heterocycles. The summed E-state index contributed by atoms with van der Waals surface area (Å²) in [5, 5.41) is 8.72. The lowest BCUT2D eigenvalue weighted by molar-refractivity contribution is 0.184. The van der Waals surface area contributed by atoms with Crippen molar-refractivity contribution in [1.29, 1.82) is 5.26 Å². The van der Waals surface area contributed by atoms with Crippen molar-refractivity contribution in [2.45, 2.75) is 40.7 Å². The molecule has 0 aliphatic heterocycles. The van der Waals surface area contributed by atoms with E-state index in [-0.39, 0.29) is 5.92 Å². The van der Waals surface area contributed by atoms with Crippen LogP contribution in [0.4, 0.5) is 0 Å². The number of rotatable bonds is 5. The second kappa shape index (κ2) is 5.99. The first-order valence-corrected chi connectivity index (χ1v) is 5.11. The first-order chi connectivity index (χ1) is 5.97. The Morgan fingerprint density at radius 3 is 1.92 bits per heavy atom. The highest BCUT2D eigenvalue weighted by molar-refractivity contribution is 4.82. The fraction of sp³-hybridized carbons (Fsp3) is 0.909. The van der Waals surface area contributed by atoms with E-state index in [0.717, 1.165) is 13.1 Å². The van der Waals surface area contributed by atoms with Crippen LogP contribution >= 0.6 is 0 Å². The van der Waals surface area contributed by atoms with Crippen molar-refractivity contribution < 1.29 is 0 Å². The van der Waals surface area contributed by atoms with Crippen molar-refractivity contribution in [2.24, 2.45) is 11.8 Å². The molecule has 0 aromatic carbocycles. The Morgan fingerprint density at radius 1 is 1.08 bits per heavy atom. The van der Waals surface area contributed by atoms with E-state index in [4.69, 9.17) is 5.26 Å². The predicted molar refractivity (Wildman–Crippen MR) is 56.3 cm³/mol. The molecular weight excluding hydrogens is 160 g/mol. The van der Waals surface area contributed by atoms with Gasteiger partial charge < -0.3 is 0 Å². The minimum atomic E-state index is 0.140. The van der Waals surface area contributed by atoms with Crippen LogP contribution in [0.3, 0.4) is 0 Å². The summed E-state index contributed by atoms with van der Waals surface area (Å²) in [4.78, 5) is 2.37. The molecular formula is C11H22N2. The van der Waals surface area contributed by atoms with Crippen molar-refractivity contribution in [3.8, 4) is 6.07 Å². The second-order valence-corrected chi connectivity index (χ2v) is 4.47. The molecule has 0 saturated carbocycles. The first kappa shape index (κ1) is 12.4. The topological polar surface area (TPSA) is 27.0 Å². The second-order valence-electron chi connectivity index (χ2n) is 4.47. The highest BCUT2D eigenvalue weighted by Gasteiger charge is 2.13. The largest absolute Gasteiger partial charge is 0.299 e. The lowest BCUT2D eigenvalue weighted by Gasteiger charge is -2.28. The van der Waals surface area contributed by atoms with Crippen molar-refractivity contribution in [3.05, 3.63) is 0 Å². The SMILES string of the molecule is CC(C)CN(CC(C)C#N)C(C)C. The van der Waals surface area contributed by atoms with Gasteiger partial charge in [-0.15, -0.1) is 0 Å². The lowest BCUT2D eigenvalue weighted by atomic mass is 10.1. The van der Waals surface area contributed by atoms with Gasteiger partial charge in [-0.3, -0.25) is 4.90 Å². The first-order valence-electron chi connectivity index (χ1n) is 5.11. The van der Waals surface area contributed by atoms with Gasteiger partial charge in [0.25, 0.3) is 0 Å². The quantitative estimate of drug-likeness (QED) is 0.653. The molecule has 0 heterocycles. The molecule has 0 N–H and O–H groups in total. The molecule has 0 amide bonds. The maximum Gasteiger partial charge on any atom is 0.0666 e. The van der Waals surface area contributed by atoms with E-state index in [2.05, 4.69) is 38.7 Å². The Morgan fingerprint density at radius 2 is 1.62 bits per heavy atom. The molecule has 1 atom stereocenters. The fourth-order valence-electron chi connectivity index (χ4n) is 1.36. The highest BCUT2D eigenvalue weighted by atomic mass is 15.1. The van der Waals surface area contributed by atoms with Gasteiger partial charge in [0.05, 0.1) is 12.0 Å². The zero-order valence-corrected chi connectivity index (χ0v) is 9.54. The summed E-state index contributed by atoms with van der Waals surface area (Å²) in [5.41, 5.74) is 0. The Kier molecular flexibility index (Phi) is 5.73. The third kappa shape index (κ3) is 5.65. The van der Waals surface area contributed by atoms with E-state index < -0.39 is 0 Å². The monoisotopic (exact) mass is 182 g/mol. The van der Waals surface area contributed by atoms with E-state index in [9.17, 15) is 0 Å². The van der Waals surface area contributed by atoms with E-state index in [1.54, 1.807) is 0 Å². The maximum atomic E-state index is 8.72. The summed E-state index contributed by atoms with van der Waals surface area (Å²) < 4.78 is 0. The normalized spacial score (nSPS) is 13.8. The van der Waals surface area contributed by atoms with E-state index in [1.807, 2.05) is 6.92 Å². The van der Waals surface area contributed by atoms with Crippen LogP contribution in [-0.2, 0) is 0 Å². The predicted octanol–water partition coefficient (Wildman–Crippen LogP) is 2.51. The average molecular weight is 182 g/mol. The maximum absolute atomic E-state index is 8.72. The zero-order chi connectivity index (χ0) is 10.4. The zero-order valence-electron chi connectivity index (χ0n) is 9.54. The molecule has 13 heavy (non-hydrogen) atoms. The smallest absolute Gasteiger partial charge is 0.0666 e. The van der Waals surface area contributed by atoms with Gasteiger partial charge in [0.2, 0.25) is 0 Å². The summed E-state index contributed by atoms with van der Waals surface area (Å²) >= 11 is 0. The van der Waals surface area contributed by atoms with Crippen LogP contribution in [0.2, 0.25) is 0 Å². The van der Waals surface area contributed by atoms with Gasteiger partial charge in [-0.1, -0.05) is 13.8 Å². The third-order valence-electron chi connectivity index (χ3n) is 2.06. The molecule has 2 heteroatoms. The van der Waals surface area contributed by atoms with Gasteiger partial charge >= 0.3 is 0 Å². The third-order valence-corrected chi connectivity index (χ3v) is 2.06. The number of hydrogen-bond donors (Lipinski definition) is 0. The minimum Gasteiger partial charge on any atom is -0.299 e. The summed E-state index contributed by atoms with van der Waals surface area (Å²) in [7, 11) is 0. The van der Waals surface area contributed by atoms with E-state index >= 15 is 0 Å². The highest BCUT2D eigenvalue weighted by Crippen LogP contribution is 2.07. The van der Waals surface area contributed by atoms with Crippen molar-refractivity contribution in [2.75, 3.05) is 13.1 Å². The molecule has 0 rings (SSSR count). The summed E-state index contributed by atoms with van der Waals surface area (Å²) in [6.45, 7) is 12.8. The Bertz CT molecular complexity index is 167. The molecule has 0 saturated heterocycles. The van der Waals surface area contributed by atoms with E-state index in [1.165, 1.54) is 0 Å². The van der Waals surface area contributed by atoms with Gasteiger partial charge in [0.15, 0.2) is 0 Å². The van der Waals surface area contributed by atoms with Crippen LogP contribution in [0.1, 0.15) is 34.6 Å². The number of nitrogens with zero attached hydrogens (tertiary/aromatic N) is 2. The van der Waals surface area contributed by atoms with Crippen LogP contribution < -0.4 is 0 Å². The standard InChI is InChI=1S/C11H22N2/c1-9(2)7-13(10(3)4)8-11(5)6-12/h9-11H,7-8H2,1-5H3. The molecule has 2 nitrogen and oxygen atoms in total. The number of hydrogen-bond acceptors (Lipinski definition) is 2. The molecule has 0 fully saturated rings. The average Bonchev–Trinajstić information content (AvgIpc) is 2.02. The van der Waals surface area contributed by atoms with Gasteiger partial charge in [0.1, 0.15) is 0 Å². The van der Waals surface area contributed by atoms with Crippen molar-refractivity contribution in [3.63, 3.8) is 0 Å². The van der Waals surface area contributed by atoms with Gasteiger partial charge in [-0.25, -0.2) is 0 Å². The van der Waals surface area contributed by atoms with Crippen LogP contribution in [-0.4, -0.2) is 24.0 Å². The van der Waals surface area contributed by atoms with Crippen LogP contribution in [0, 0.1) is 23.2 Å². The van der Waals surface area contributed by atoms with E-state index in [0.29, 0.717) is 12.0 Å². The molecule has 1 unspecified atom stereocenters. The van der Waals surface area contributed by atoms with Crippen molar-refractivity contribution >= 4 is 0 Å². The number of nitriles is 1. The van der Waals surface area contributed by atoms with Crippen LogP contribution in [0.25, 0.3) is 0 Å².